The first kappa shape index (κ1) is 20.7. The molecule has 2 aromatic heterocycles. The zero-order chi connectivity index (χ0) is 22.4. The predicted octanol–water partition coefficient (Wildman–Crippen LogP) is 4.42. The summed E-state index contributed by atoms with van der Waals surface area (Å²) < 4.78 is 22.1. The summed E-state index contributed by atoms with van der Waals surface area (Å²) >= 11 is 0. The summed E-state index contributed by atoms with van der Waals surface area (Å²) in [5, 5.41) is 16.7. The smallest absolute Gasteiger partial charge is 0.130 e. The number of H-pyrrole nitrogens is 1. The van der Waals surface area contributed by atoms with Crippen molar-refractivity contribution in [3.8, 4) is 16.9 Å². The van der Waals surface area contributed by atoms with Crippen molar-refractivity contribution < 1.29 is 9.13 Å². The van der Waals surface area contributed by atoms with Gasteiger partial charge in [-0.3, -0.25) is 9.78 Å². The minimum absolute atomic E-state index is 0.308. The van der Waals surface area contributed by atoms with Crippen LogP contribution in [-0.2, 0) is 13.5 Å². The number of benzene rings is 2. The molecule has 1 aliphatic rings. The molecule has 1 fully saturated rings. The summed E-state index contributed by atoms with van der Waals surface area (Å²) in [4.78, 5) is 0. The van der Waals surface area contributed by atoms with Gasteiger partial charge >= 0.3 is 0 Å². The summed E-state index contributed by atoms with van der Waals surface area (Å²) in [6.07, 6.45) is 0.721. The van der Waals surface area contributed by atoms with Gasteiger partial charge in [-0.05, 0) is 56.2 Å². The quantitative estimate of drug-likeness (QED) is 0.473. The third kappa shape index (κ3) is 3.56. The summed E-state index contributed by atoms with van der Waals surface area (Å²) in [6.45, 7) is 7.62. The van der Waals surface area contributed by atoms with E-state index in [2.05, 4.69) is 40.5 Å². The minimum Gasteiger partial charge on any atom is -0.492 e. The number of ether oxygens (including phenoxy) is 1. The number of aromatic amines is 1. The highest BCUT2D eigenvalue weighted by molar-refractivity contribution is 5.88. The number of hydrogen-bond acceptors (Lipinski definition) is 4. The van der Waals surface area contributed by atoms with Gasteiger partial charge < -0.3 is 10.1 Å². The Balaban J connectivity index is 1.44. The molecule has 4 aromatic rings. The highest BCUT2D eigenvalue weighted by Crippen LogP contribution is 2.36. The Labute approximate surface area is 186 Å². The zero-order valence-electron chi connectivity index (χ0n) is 18.9. The fourth-order valence-electron chi connectivity index (χ4n) is 4.59. The van der Waals surface area contributed by atoms with E-state index >= 15 is 0 Å². The van der Waals surface area contributed by atoms with Crippen molar-refractivity contribution >= 4 is 10.9 Å². The Hall–Kier alpha value is -3.19. The molecule has 0 aliphatic carbocycles. The molecule has 3 heterocycles. The Kier molecular flexibility index (Phi) is 5.21. The average molecular weight is 434 g/mol. The molecule has 6 nitrogen and oxygen atoms in total. The number of aromatic nitrogens is 4. The van der Waals surface area contributed by atoms with E-state index in [1.807, 2.05) is 30.8 Å². The van der Waals surface area contributed by atoms with Crippen LogP contribution < -0.4 is 10.1 Å². The van der Waals surface area contributed by atoms with Crippen LogP contribution in [0.4, 0.5) is 4.39 Å². The molecular formula is C25H28FN5O. The van der Waals surface area contributed by atoms with Gasteiger partial charge in [0.2, 0.25) is 0 Å². The van der Waals surface area contributed by atoms with Gasteiger partial charge in [-0.2, -0.15) is 10.2 Å². The summed E-state index contributed by atoms with van der Waals surface area (Å²) in [5.41, 5.74) is 7.27. The van der Waals surface area contributed by atoms with Gasteiger partial charge in [-0.15, -0.1) is 0 Å². The van der Waals surface area contributed by atoms with Crippen LogP contribution in [0.1, 0.15) is 35.5 Å². The van der Waals surface area contributed by atoms with Crippen molar-refractivity contribution in [1.29, 1.82) is 0 Å². The molecule has 2 aromatic carbocycles. The number of aryl methyl sites for hydroxylation is 2. The van der Waals surface area contributed by atoms with Gasteiger partial charge in [0.15, 0.2) is 0 Å². The highest BCUT2D eigenvalue weighted by Gasteiger charge is 2.31. The van der Waals surface area contributed by atoms with Crippen molar-refractivity contribution in [2.75, 3.05) is 13.2 Å². The van der Waals surface area contributed by atoms with Gasteiger partial charge in [0, 0.05) is 54.7 Å². The van der Waals surface area contributed by atoms with Crippen molar-refractivity contribution in [3.63, 3.8) is 0 Å². The Morgan fingerprint density at radius 3 is 2.72 bits per heavy atom. The van der Waals surface area contributed by atoms with E-state index in [0.29, 0.717) is 24.3 Å². The van der Waals surface area contributed by atoms with Crippen LogP contribution in [0.2, 0.25) is 0 Å². The van der Waals surface area contributed by atoms with Gasteiger partial charge in [-0.1, -0.05) is 6.07 Å². The van der Waals surface area contributed by atoms with Crippen LogP contribution in [0.25, 0.3) is 22.0 Å². The van der Waals surface area contributed by atoms with Gasteiger partial charge in [-0.25, -0.2) is 4.39 Å². The molecule has 7 heteroatoms. The van der Waals surface area contributed by atoms with Gasteiger partial charge in [0.1, 0.15) is 11.6 Å². The molecule has 2 N–H and O–H groups in total. The standard InChI is InChI=1S/C25H28FN5O/c1-14-22(13-27-14)25-21-11-17(5-8-23(21)28-29-25)20-7-6-18(26)12-24(20)32-10-9-19-15(2)30-31(4)16(19)3/h5-8,11-12,14,22,27H,9-10,13H2,1-4H3,(H,28,29). The maximum atomic E-state index is 14.1. The molecule has 2 atom stereocenters. The lowest BCUT2D eigenvalue weighted by Crippen LogP contribution is -2.49. The predicted molar refractivity (Wildman–Crippen MR) is 124 cm³/mol. The van der Waals surface area contributed by atoms with Crippen LogP contribution in [0, 0.1) is 19.7 Å². The second-order valence-corrected chi connectivity index (χ2v) is 8.68. The summed E-state index contributed by atoms with van der Waals surface area (Å²) in [5.74, 6) is 0.637. The molecule has 0 radical (unpaired) electrons. The molecule has 0 amide bonds. The van der Waals surface area contributed by atoms with E-state index in [9.17, 15) is 4.39 Å². The molecule has 5 rings (SSSR count). The normalized spacial score (nSPS) is 18.2. The highest BCUT2D eigenvalue weighted by atomic mass is 19.1. The minimum atomic E-state index is -0.308. The topological polar surface area (TPSA) is 67.8 Å². The third-order valence-corrected chi connectivity index (χ3v) is 6.73. The van der Waals surface area contributed by atoms with Crippen LogP contribution in [0.5, 0.6) is 5.75 Å². The molecule has 32 heavy (non-hydrogen) atoms. The Morgan fingerprint density at radius 2 is 2.03 bits per heavy atom. The van der Waals surface area contributed by atoms with Gasteiger partial charge in [0.05, 0.1) is 23.5 Å². The largest absolute Gasteiger partial charge is 0.492 e. The SMILES string of the molecule is Cc1nn(C)c(C)c1CCOc1cc(F)ccc1-c1ccc2[nH]nc(C3CNC3C)c2c1. The second kappa shape index (κ2) is 8.06. The van der Waals surface area contributed by atoms with Crippen molar-refractivity contribution in [2.24, 2.45) is 7.05 Å². The molecule has 0 bridgehead atoms. The molecular weight excluding hydrogens is 405 g/mol. The first-order valence-electron chi connectivity index (χ1n) is 11.1. The van der Waals surface area contributed by atoms with E-state index in [1.54, 1.807) is 6.07 Å². The first-order valence-corrected chi connectivity index (χ1v) is 11.1. The van der Waals surface area contributed by atoms with Gasteiger partial charge in [0.25, 0.3) is 0 Å². The van der Waals surface area contributed by atoms with E-state index in [1.165, 1.54) is 17.7 Å². The van der Waals surface area contributed by atoms with Crippen molar-refractivity contribution in [2.45, 2.75) is 39.2 Å². The first-order chi connectivity index (χ1) is 15.4. The number of fused-ring (bicyclic) bond motifs is 1. The van der Waals surface area contributed by atoms with Crippen LogP contribution in [-0.4, -0.2) is 39.2 Å². The second-order valence-electron chi connectivity index (χ2n) is 8.68. The monoisotopic (exact) mass is 433 g/mol. The van der Waals surface area contributed by atoms with Crippen molar-refractivity contribution in [1.82, 2.24) is 25.3 Å². The number of nitrogens with one attached hydrogen (secondary N) is 2. The number of rotatable bonds is 6. The lowest BCUT2D eigenvalue weighted by Gasteiger charge is -2.34. The zero-order valence-corrected chi connectivity index (χ0v) is 18.9. The molecule has 2 unspecified atom stereocenters. The maximum absolute atomic E-state index is 14.1. The van der Waals surface area contributed by atoms with Crippen molar-refractivity contribution in [3.05, 3.63) is 64.9 Å². The number of halogens is 1. The molecule has 1 aliphatic heterocycles. The third-order valence-electron chi connectivity index (χ3n) is 6.73. The van der Waals surface area contributed by atoms with Crippen LogP contribution >= 0.6 is 0 Å². The maximum Gasteiger partial charge on any atom is 0.130 e. The van der Waals surface area contributed by atoms with E-state index in [0.717, 1.165) is 52.1 Å². The number of nitrogens with zero attached hydrogens (tertiary/aromatic N) is 3. The number of hydrogen-bond donors (Lipinski definition) is 2. The molecule has 0 saturated carbocycles. The van der Waals surface area contributed by atoms with Crippen LogP contribution in [0.15, 0.2) is 36.4 Å². The lowest BCUT2D eigenvalue weighted by molar-refractivity contribution is 0.321. The van der Waals surface area contributed by atoms with E-state index in [-0.39, 0.29) is 5.82 Å². The Bertz CT molecular complexity index is 1290. The van der Waals surface area contributed by atoms with E-state index < -0.39 is 0 Å². The average Bonchev–Trinajstić information content (AvgIpc) is 3.27. The fraction of sp³-hybridized carbons (Fsp3) is 0.360. The summed E-state index contributed by atoms with van der Waals surface area (Å²) in [6, 6.07) is 11.4. The lowest BCUT2D eigenvalue weighted by atomic mass is 9.88. The molecule has 0 spiro atoms. The summed E-state index contributed by atoms with van der Waals surface area (Å²) in [7, 11) is 1.94. The fourth-order valence-corrected chi connectivity index (χ4v) is 4.59. The van der Waals surface area contributed by atoms with Crippen LogP contribution in [0.3, 0.4) is 0 Å². The Morgan fingerprint density at radius 1 is 1.19 bits per heavy atom. The van der Waals surface area contributed by atoms with E-state index in [4.69, 9.17) is 4.74 Å². The molecule has 166 valence electrons. The molecule has 1 saturated heterocycles.